The summed E-state index contributed by atoms with van der Waals surface area (Å²) < 4.78 is 0. The Morgan fingerprint density at radius 2 is 2.26 bits per heavy atom. The molecule has 0 spiro atoms. The van der Waals surface area contributed by atoms with Crippen LogP contribution in [0.2, 0.25) is 0 Å². The molecule has 2 N–H and O–H groups in total. The minimum atomic E-state index is 0.230. The van der Waals surface area contributed by atoms with Crippen LogP contribution in [0.5, 0.6) is 0 Å². The molecule has 19 heavy (non-hydrogen) atoms. The van der Waals surface area contributed by atoms with Crippen molar-refractivity contribution < 1.29 is 4.79 Å². The van der Waals surface area contributed by atoms with Gasteiger partial charge in [0.1, 0.15) is 0 Å². The van der Waals surface area contributed by atoms with E-state index < -0.39 is 0 Å². The molecule has 1 aromatic carbocycles. The van der Waals surface area contributed by atoms with Crippen molar-refractivity contribution in [2.75, 3.05) is 12.3 Å². The van der Waals surface area contributed by atoms with Gasteiger partial charge in [0.25, 0.3) is 0 Å². The quantitative estimate of drug-likeness (QED) is 0.837. The van der Waals surface area contributed by atoms with Gasteiger partial charge in [0.15, 0.2) is 0 Å². The monoisotopic (exact) mass is 255 g/mol. The van der Waals surface area contributed by atoms with Crippen molar-refractivity contribution in [1.82, 2.24) is 9.88 Å². The number of hydrogen-bond donors (Lipinski definition) is 1. The fraction of sp³-hybridized carbons (Fsp3) is 0.333. The zero-order chi connectivity index (χ0) is 13.4. The molecule has 4 nitrogen and oxygen atoms in total. The molecule has 1 atom stereocenters. The zero-order valence-corrected chi connectivity index (χ0v) is 11.0. The number of fused-ring (bicyclic) bond motifs is 1. The molecule has 1 aliphatic rings. The molecular formula is C15H17N3O. The fourth-order valence-electron chi connectivity index (χ4n) is 2.71. The molecule has 3 rings (SSSR count). The smallest absolute Gasteiger partial charge is 0.223 e. The van der Waals surface area contributed by atoms with E-state index in [4.69, 9.17) is 5.73 Å². The maximum absolute atomic E-state index is 11.9. The Labute approximate surface area is 112 Å². The number of carbonyl (C=O) groups is 1. The molecule has 2 aromatic rings. The number of likely N-dealkylation sites (tertiary alicyclic amines) is 1. The molecule has 1 fully saturated rings. The lowest BCUT2D eigenvalue weighted by Crippen LogP contribution is -2.24. The third kappa shape index (κ3) is 2.14. The Morgan fingerprint density at radius 3 is 3.00 bits per heavy atom. The molecule has 2 heterocycles. The lowest BCUT2D eigenvalue weighted by Gasteiger charge is -2.17. The number of anilines is 1. The normalized spacial score (nSPS) is 19.3. The second-order valence-corrected chi connectivity index (χ2v) is 5.30. The summed E-state index contributed by atoms with van der Waals surface area (Å²) in [6.07, 6.45) is 2.42. The Bertz CT molecular complexity index is 638. The van der Waals surface area contributed by atoms with Crippen molar-refractivity contribution in [3.05, 3.63) is 36.0 Å². The maximum Gasteiger partial charge on any atom is 0.223 e. The molecule has 1 saturated heterocycles. The Hall–Kier alpha value is -2.10. The van der Waals surface area contributed by atoms with Crippen LogP contribution in [0.1, 0.15) is 18.9 Å². The number of amides is 1. The molecule has 0 saturated carbocycles. The summed E-state index contributed by atoms with van der Waals surface area (Å²) in [6.45, 7) is 3.56. The van der Waals surface area contributed by atoms with Crippen LogP contribution in [0, 0.1) is 5.92 Å². The van der Waals surface area contributed by atoms with E-state index >= 15 is 0 Å². The van der Waals surface area contributed by atoms with E-state index in [-0.39, 0.29) is 5.91 Å². The summed E-state index contributed by atoms with van der Waals surface area (Å²) in [5.41, 5.74) is 8.65. The number of nitrogens with two attached hydrogens (primary N) is 1. The van der Waals surface area contributed by atoms with Gasteiger partial charge in [-0.15, -0.1) is 0 Å². The molecule has 0 radical (unpaired) electrons. The average molecular weight is 255 g/mol. The number of nitrogen functional groups attached to an aromatic ring is 1. The van der Waals surface area contributed by atoms with Crippen molar-refractivity contribution in [3.8, 4) is 0 Å². The van der Waals surface area contributed by atoms with E-state index in [0.29, 0.717) is 18.9 Å². The molecule has 1 unspecified atom stereocenters. The third-order valence-electron chi connectivity index (χ3n) is 3.66. The highest BCUT2D eigenvalue weighted by atomic mass is 16.2. The minimum absolute atomic E-state index is 0.230. The first-order valence-electron chi connectivity index (χ1n) is 6.55. The van der Waals surface area contributed by atoms with Crippen LogP contribution in [-0.2, 0) is 11.3 Å². The van der Waals surface area contributed by atoms with E-state index in [2.05, 4.69) is 11.9 Å². The van der Waals surface area contributed by atoms with Crippen molar-refractivity contribution in [3.63, 3.8) is 0 Å². The van der Waals surface area contributed by atoms with Crippen LogP contribution in [0.25, 0.3) is 10.9 Å². The van der Waals surface area contributed by atoms with Crippen LogP contribution in [0.4, 0.5) is 5.69 Å². The van der Waals surface area contributed by atoms with Crippen LogP contribution >= 0.6 is 0 Å². The van der Waals surface area contributed by atoms with Gasteiger partial charge in [-0.25, -0.2) is 0 Å². The summed E-state index contributed by atoms with van der Waals surface area (Å²) in [5.74, 6) is 0.675. The Kier molecular flexibility index (Phi) is 2.85. The van der Waals surface area contributed by atoms with Crippen molar-refractivity contribution in [1.29, 1.82) is 0 Å². The number of pyridine rings is 1. The lowest BCUT2D eigenvalue weighted by molar-refractivity contribution is -0.128. The standard InChI is InChI=1S/C15H17N3O/c1-10-7-14(19)18(8-10)9-11-4-5-13(16)12-3-2-6-17-15(11)12/h2-6,10H,7-9,16H2,1H3. The van der Waals surface area contributed by atoms with Gasteiger partial charge in [-0.3, -0.25) is 9.78 Å². The second kappa shape index (κ2) is 4.53. The largest absolute Gasteiger partial charge is 0.398 e. The van der Waals surface area contributed by atoms with Crippen LogP contribution in [0.3, 0.4) is 0 Å². The first kappa shape index (κ1) is 12.0. The fourth-order valence-corrected chi connectivity index (χ4v) is 2.71. The molecular weight excluding hydrogens is 238 g/mol. The van der Waals surface area contributed by atoms with Crippen molar-refractivity contribution >= 4 is 22.5 Å². The number of benzene rings is 1. The van der Waals surface area contributed by atoms with Gasteiger partial charge in [0, 0.05) is 36.8 Å². The SMILES string of the molecule is CC1CC(=O)N(Cc2ccc(N)c3cccnc23)C1. The van der Waals surface area contributed by atoms with Gasteiger partial charge < -0.3 is 10.6 Å². The maximum atomic E-state index is 11.9. The predicted molar refractivity (Wildman–Crippen MR) is 75.4 cm³/mol. The highest BCUT2D eigenvalue weighted by molar-refractivity contribution is 5.92. The Balaban J connectivity index is 1.98. The highest BCUT2D eigenvalue weighted by Crippen LogP contribution is 2.26. The predicted octanol–water partition coefficient (Wildman–Crippen LogP) is 2.19. The molecule has 4 heteroatoms. The molecule has 1 amide bonds. The van der Waals surface area contributed by atoms with Crippen LogP contribution in [-0.4, -0.2) is 22.3 Å². The second-order valence-electron chi connectivity index (χ2n) is 5.30. The topological polar surface area (TPSA) is 59.2 Å². The summed E-state index contributed by atoms with van der Waals surface area (Å²) in [5, 5.41) is 0.958. The van der Waals surface area contributed by atoms with E-state index in [1.54, 1.807) is 6.20 Å². The van der Waals surface area contributed by atoms with Gasteiger partial charge in [-0.1, -0.05) is 13.0 Å². The van der Waals surface area contributed by atoms with Crippen LogP contribution in [0.15, 0.2) is 30.5 Å². The summed E-state index contributed by atoms with van der Waals surface area (Å²) in [7, 11) is 0. The summed E-state index contributed by atoms with van der Waals surface area (Å²) in [4.78, 5) is 18.2. The van der Waals surface area contributed by atoms with Gasteiger partial charge in [0.2, 0.25) is 5.91 Å². The number of aromatic nitrogens is 1. The zero-order valence-electron chi connectivity index (χ0n) is 11.0. The number of rotatable bonds is 2. The van der Waals surface area contributed by atoms with Gasteiger partial charge >= 0.3 is 0 Å². The highest BCUT2D eigenvalue weighted by Gasteiger charge is 2.26. The van der Waals surface area contributed by atoms with Crippen LogP contribution < -0.4 is 5.73 Å². The Morgan fingerprint density at radius 1 is 1.42 bits per heavy atom. The number of hydrogen-bond acceptors (Lipinski definition) is 3. The molecule has 1 aromatic heterocycles. The average Bonchev–Trinajstić information content (AvgIpc) is 2.72. The molecule has 0 bridgehead atoms. The van der Waals surface area contributed by atoms with E-state index in [9.17, 15) is 4.79 Å². The lowest BCUT2D eigenvalue weighted by atomic mass is 10.1. The minimum Gasteiger partial charge on any atom is -0.398 e. The van der Waals surface area contributed by atoms with E-state index in [0.717, 1.165) is 28.7 Å². The molecule has 98 valence electrons. The summed E-state index contributed by atoms with van der Waals surface area (Å²) >= 11 is 0. The number of carbonyl (C=O) groups excluding carboxylic acids is 1. The van der Waals surface area contributed by atoms with Gasteiger partial charge in [-0.05, 0) is 29.7 Å². The van der Waals surface area contributed by atoms with E-state index in [1.165, 1.54) is 0 Å². The van der Waals surface area contributed by atoms with E-state index in [1.807, 2.05) is 29.2 Å². The first-order chi connectivity index (χ1) is 9.15. The first-order valence-corrected chi connectivity index (χ1v) is 6.55. The van der Waals surface area contributed by atoms with Gasteiger partial charge in [0.05, 0.1) is 5.52 Å². The van der Waals surface area contributed by atoms with Crippen molar-refractivity contribution in [2.45, 2.75) is 19.9 Å². The van der Waals surface area contributed by atoms with Crippen molar-refractivity contribution in [2.24, 2.45) is 5.92 Å². The van der Waals surface area contributed by atoms with Gasteiger partial charge in [-0.2, -0.15) is 0 Å². The summed E-state index contributed by atoms with van der Waals surface area (Å²) in [6, 6.07) is 7.71. The molecule has 1 aliphatic heterocycles. The molecule has 0 aliphatic carbocycles. The number of nitrogens with zero attached hydrogens (tertiary/aromatic N) is 2. The third-order valence-corrected chi connectivity index (χ3v) is 3.66.